The molecular formula is C34H38Cl2Hf2. The maximum atomic E-state index is 2.47. The van der Waals surface area contributed by atoms with Gasteiger partial charge in [-0.2, -0.15) is 0 Å². The molecule has 2 aromatic carbocycles. The second kappa shape index (κ2) is 14.5. The summed E-state index contributed by atoms with van der Waals surface area (Å²) in [5.41, 5.74) is 6.04. The SMILES string of the molecule is C[C](C)=[Hf]([C]1=CC=CC1)[CH]1C=Cc2ccccc21.C[C](C)=[Hf]([C]1=CC=CC1)[CH]1C=Cc2ccccc21.Cl.Cl. The summed E-state index contributed by atoms with van der Waals surface area (Å²) in [6.07, 6.45) is 25.9. The molecule has 0 radical (unpaired) electrons. The van der Waals surface area contributed by atoms with Crippen LogP contribution in [-0.2, 0) is 41.9 Å². The van der Waals surface area contributed by atoms with Crippen LogP contribution < -0.4 is 0 Å². The van der Waals surface area contributed by atoms with E-state index in [-0.39, 0.29) is 24.8 Å². The van der Waals surface area contributed by atoms with Gasteiger partial charge < -0.3 is 0 Å². The van der Waals surface area contributed by atoms with Crippen LogP contribution in [0.4, 0.5) is 0 Å². The van der Waals surface area contributed by atoms with E-state index in [1.54, 1.807) is 24.3 Å². The molecule has 0 N–H and O–H groups in total. The van der Waals surface area contributed by atoms with Crippen molar-refractivity contribution in [1.82, 2.24) is 0 Å². The Morgan fingerprint density at radius 2 is 1.00 bits per heavy atom. The molecule has 0 aliphatic heterocycles. The molecule has 0 bridgehead atoms. The third-order valence-corrected chi connectivity index (χ3v) is 31.0. The van der Waals surface area contributed by atoms with Crippen LogP contribution in [0.25, 0.3) is 12.2 Å². The summed E-state index contributed by atoms with van der Waals surface area (Å²) in [5, 5.41) is 0. The minimum absolute atomic E-state index is 0. The molecule has 0 fully saturated rings. The van der Waals surface area contributed by atoms with Gasteiger partial charge in [0.15, 0.2) is 0 Å². The van der Waals surface area contributed by atoms with Crippen molar-refractivity contribution in [1.29, 1.82) is 0 Å². The molecule has 0 amide bonds. The van der Waals surface area contributed by atoms with Crippen LogP contribution in [0.3, 0.4) is 0 Å². The largest absolute Gasteiger partial charge is 0.147 e. The predicted molar refractivity (Wildman–Crippen MR) is 167 cm³/mol. The van der Waals surface area contributed by atoms with Gasteiger partial charge in [-0.05, 0) is 0 Å². The fourth-order valence-corrected chi connectivity index (χ4v) is 28.5. The summed E-state index contributed by atoms with van der Waals surface area (Å²) in [5.74, 6) is 0. The van der Waals surface area contributed by atoms with E-state index in [9.17, 15) is 0 Å². The minimum atomic E-state index is -1.86. The number of hydrogen-bond donors (Lipinski definition) is 0. The monoisotopic (exact) mass is 876 g/mol. The third kappa shape index (κ3) is 6.80. The van der Waals surface area contributed by atoms with E-state index in [1.807, 2.05) is 0 Å². The molecule has 0 heterocycles. The molecule has 4 aliphatic carbocycles. The zero-order valence-corrected chi connectivity index (χ0v) is 31.6. The van der Waals surface area contributed by atoms with Crippen LogP contribution in [0.5, 0.6) is 0 Å². The Morgan fingerprint density at radius 3 is 1.34 bits per heavy atom. The van der Waals surface area contributed by atoms with E-state index < -0.39 is 41.9 Å². The van der Waals surface area contributed by atoms with Gasteiger partial charge in [-0.25, -0.2) is 0 Å². The Labute approximate surface area is 256 Å². The minimum Gasteiger partial charge on any atom is -0.147 e. The van der Waals surface area contributed by atoms with Crippen LogP contribution >= 0.6 is 24.8 Å². The van der Waals surface area contributed by atoms with E-state index >= 15 is 0 Å². The second-order valence-corrected chi connectivity index (χ2v) is 32.6. The average Bonchev–Trinajstić information content (AvgIpc) is 3.69. The Bertz CT molecular complexity index is 1310. The number of allylic oxidation sites excluding steroid dienone is 10. The normalized spacial score (nSPS) is 18.8. The standard InChI is InChI=1S/2C9H7.2C5H5.2C3H6.2ClH.2Hf/c2*1-2-5-9-7-3-6-8(9)4-1;2*1-2-4-5-3-1;2*1-3-2;;;;/h2*1-7H;2*1-3H,4H2;2*1-2H3;2*1H;;. The van der Waals surface area contributed by atoms with Crippen LogP contribution in [0.15, 0.2) is 104 Å². The van der Waals surface area contributed by atoms with Crippen LogP contribution in [0, 0.1) is 0 Å². The Morgan fingerprint density at radius 1 is 0.605 bits per heavy atom. The molecule has 4 aliphatic rings. The van der Waals surface area contributed by atoms with Gasteiger partial charge in [-0.15, -0.1) is 24.8 Å². The molecule has 0 saturated heterocycles. The van der Waals surface area contributed by atoms with E-state index in [1.165, 1.54) is 24.0 Å². The first-order valence-corrected chi connectivity index (χ1v) is 24.5. The van der Waals surface area contributed by atoms with E-state index in [0.29, 0.717) is 0 Å². The molecule has 0 spiro atoms. The van der Waals surface area contributed by atoms with Crippen molar-refractivity contribution in [2.45, 2.75) is 47.9 Å². The Balaban J connectivity index is 0.000000200. The van der Waals surface area contributed by atoms with Gasteiger partial charge in [-0.3, -0.25) is 0 Å². The van der Waals surface area contributed by atoms with E-state index in [2.05, 4.69) is 137 Å². The van der Waals surface area contributed by atoms with Crippen molar-refractivity contribution in [2.75, 3.05) is 0 Å². The molecule has 2 unspecified atom stereocenters. The zero-order valence-electron chi connectivity index (χ0n) is 22.8. The number of fused-ring (bicyclic) bond motifs is 2. The average molecular weight is 875 g/mol. The Hall–Kier alpha value is -1.06. The fourth-order valence-electron chi connectivity index (χ4n) is 5.96. The van der Waals surface area contributed by atoms with Crippen molar-refractivity contribution in [2.24, 2.45) is 0 Å². The van der Waals surface area contributed by atoms with Crippen LogP contribution in [0.1, 0.15) is 70.1 Å². The predicted octanol–water partition coefficient (Wildman–Crippen LogP) is 9.70. The van der Waals surface area contributed by atoms with Crippen molar-refractivity contribution in [3.8, 4) is 0 Å². The van der Waals surface area contributed by atoms with E-state index in [4.69, 9.17) is 0 Å². The smallest absolute Gasteiger partial charge is 0.147 e. The van der Waals surface area contributed by atoms with Crippen LogP contribution in [0.2, 0.25) is 0 Å². The number of hydrogen-bond acceptors (Lipinski definition) is 0. The quantitative estimate of drug-likeness (QED) is 0.269. The summed E-state index contributed by atoms with van der Waals surface area (Å²) in [7, 11) is 0. The summed E-state index contributed by atoms with van der Waals surface area (Å²) in [6.45, 7) is 9.43. The first-order chi connectivity index (χ1) is 17.5. The first kappa shape index (κ1) is 31.5. The molecule has 2 aromatic rings. The first-order valence-electron chi connectivity index (χ1n) is 13.2. The molecule has 0 aromatic heterocycles. The summed E-state index contributed by atoms with van der Waals surface area (Å²) < 4.78 is 8.46. The van der Waals surface area contributed by atoms with Gasteiger partial charge in [0, 0.05) is 0 Å². The Kier molecular flexibility index (Phi) is 12.0. The van der Waals surface area contributed by atoms with Gasteiger partial charge in [0.25, 0.3) is 0 Å². The summed E-state index contributed by atoms with van der Waals surface area (Å²) in [4.78, 5) is 0. The van der Waals surface area contributed by atoms with Gasteiger partial charge in [0.1, 0.15) is 0 Å². The zero-order chi connectivity index (χ0) is 25.1. The fraction of sp³-hybridized carbons (Fsp3) is 0.235. The third-order valence-electron chi connectivity index (χ3n) is 7.53. The van der Waals surface area contributed by atoms with Crippen molar-refractivity contribution >= 4 is 43.5 Å². The van der Waals surface area contributed by atoms with Crippen molar-refractivity contribution in [3.63, 3.8) is 0 Å². The molecule has 6 rings (SSSR count). The number of halogens is 2. The van der Waals surface area contributed by atoms with Gasteiger partial charge in [0.2, 0.25) is 0 Å². The molecule has 4 heteroatoms. The molecule has 0 saturated carbocycles. The van der Waals surface area contributed by atoms with Gasteiger partial charge in [-0.1, -0.05) is 0 Å². The van der Waals surface area contributed by atoms with Crippen LogP contribution in [-0.4, -0.2) is 6.51 Å². The number of rotatable bonds is 4. The molecule has 2 atom stereocenters. The summed E-state index contributed by atoms with van der Waals surface area (Å²) >= 11 is -3.72. The van der Waals surface area contributed by atoms with E-state index in [0.717, 1.165) is 7.35 Å². The maximum Gasteiger partial charge on any atom is -0.147 e. The van der Waals surface area contributed by atoms with Crippen molar-refractivity contribution in [3.05, 3.63) is 126 Å². The molecule has 38 heavy (non-hydrogen) atoms. The molecule has 196 valence electrons. The topological polar surface area (TPSA) is 0 Å². The summed E-state index contributed by atoms with van der Waals surface area (Å²) in [6, 6.07) is 17.8. The van der Waals surface area contributed by atoms with Gasteiger partial charge >= 0.3 is 235 Å². The molecule has 0 nitrogen and oxygen atoms in total. The number of benzene rings is 2. The molecular weight excluding hydrogens is 836 g/mol. The second-order valence-electron chi connectivity index (χ2n) is 10.4. The van der Waals surface area contributed by atoms with Gasteiger partial charge in [0.05, 0.1) is 0 Å². The van der Waals surface area contributed by atoms with Crippen molar-refractivity contribution < 1.29 is 41.9 Å². The maximum absolute atomic E-state index is 2.47.